The number of methoxy groups -OCH3 is 1. The van der Waals surface area contributed by atoms with Gasteiger partial charge in [-0.25, -0.2) is 0 Å². The maximum Gasteiger partial charge on any atom is 0.254 e. The third-order valence-electron chi connectivity index (χ3n) is 5.53. The molecule has 27 heavy (non-hydrogen) atoms. The number of thiophene rings is 1. The third-order valence-corrected chi connectivity index (χ3v) is 6.74. The third kappa shape index (κ3) is 5.09. The fraction of sp³-hybridized carbons (Fsp3) is 0.700. The molecular weight excluding hydrogens is 362 g/mol. The number of anilines is 1. The van der Waals surface area contributed by atoms with E-state index in [2.05, 4.69) is 22.5 Å². The van der Waals surface area contributed by atoms with E-state index in [1.54, 1.807) is 18.4 Å². The number of ether oxygens (including phenoxy) is 1. The number of amides is 2. The Morgan fingerprint density at radius 3 is 2.81 bits per heavy atom. The quantitative estimate of drug-likeness (QED) is 0.699. The van der Waals surface area contributed by atoms with Crippen LogP contribution in [0.2, 0.25) is 0 Å². The number of nitrogens with one attached hydrogen (secondary N) is 2. The number of piperidine rings is 1. The minimum absolute atomic E-state index is 0.0201. The number of aryl methyl sites for hydroxylation is 1. The summed E-state index contributed by atoms with van der Waals surface area (Å²) in [6.07, 6.45) is 7.70. The first-order valence-corrected chi connectivity index (χ1v) is 10.9. The van der Waals surface area contributed by atoms with Crippen LogP contribution in [0, 0.1) is 0 Å². The van der Waals surface area contributed by atoms with Crippen LogP contribution >= 0.6 is 11.3 Å². The molecule has 1 aromatic rings. The van der Waals surface area contributed by atoms with Crippen molar-refractivity contribution in [1.82, 2.24) is 10.2 Å². The molecule has 0 saturated carbocycles. The Bertz CT molecular complexity index is 674. The molecule has 1 saturated heterocycles. The van der Waals surface area contributed by atoms with E-state index in [-0.39, 0.29) is 11.8 Å². The van der Waals surface area contributed by atoms with Crippen LogP contribution in [0.4, 0.5) is 5.00 Å². The summed E-state index contributed by atoms with van der Waals surface area (Å²) >= 11 is 1.58. The van der Waals surface area contributed by atoms with Crippen LogP contribution in [0.1, 0.15) is 59.8 Å². The Morgan fingerprint density at radius 1 is 1.22 bits per heavy atom. The van der Waals surface area contributed by atoms with E-state index in [9.17, 15) is 9.59 Å². The molecule has 0 aromatic carbocycles. The molecule has 2 heterocycles. The molecule has 1 aromatic heterocycles. The van der Waals surface area contributed by atoms with Crippen molar-refractivity contribution in [3.05, 3.63) is 16.0 Å². The maximum absolute atomic E-state index is 12.8. The van der Waals surface area contributed by atoms with E-state index in [0.717, 1.165) is 50.6 Å². The summed E-state index contributed by atoms with van der Waals surface area (Å²) in [5, 5.41) is 6.69. The second kappa shape index (κ2) is 9.66. The predicted octanol–water partition coefficient (Wildman–Crippen LogP) is 2.82. The molecule has 2 aliphatic rings. The lowest BCUT2D eigenvalue weighted by atomic mass is 9.95. The van der Waals surface area contributed by atoms with Crippen LogP contribution in [-0.4, -0.2) is 56.1 Å². The highest BCUT2D eigenvalue weighted by molar-refractivity contribution is 7.17. The molecule has 0 spiro atoms. The van der Waals surface area contributed by atoms with Crippen LogP contribution in [0.3, 0.4) is 0 Å². The molecule has 1 aliphatic heterocycles. The Morgan fingerprint density at radius 2 is 2.04 bits per heavy atom. The first-order chi connectivity index (χ1) is 13.1. The zero-order valence-corrected chi connectivity index (χ0v) is 17.3. The lowest BCUT2D eigenvalue weighted by Crippen LogP contribution is -2.42. The number of likely N-dealkylation sites (tertiary alicyclic amines) is 1. The molecule has 6 nitrogen and oxygen atoms in total. The van der Waals surface area contributed by atoms with E-state index in [1.165, 1.54) is 11.3 Å². The lowest BCUT2D eigenvalue weighted by Gasteiger charge is -2.32. The molecule has 1 atom stereocenters. The SMILES string of the molecule is COCCNC(=O)c1c(NC(=O)CN2CCCC[C@H]2C)sc2c1CCCC2. The summed E-state index contributed by atoms with van der Waals surface area (Å²) < 4.78 is 5.02. The maximum atomic E-state index is 12.8. The minimum atomic E-state index is -0.104. The van der Waals surface area contributed by atoms with Gasteiger partial charge in [-0.15, -0.1) is 11.3 Å². The smallest absolute Gasteiger partial charge is 0.254 e. The first-order valence-electron chi connectivity index (χ1n) is 10.1. The summed E-state index contributed by atoms with van der Waals surface area (Å²) in [6.45, 7) is 4.50. The molecule has 1 fully saturated rings. The molecule has 0 bridgehead atoms. The zero-order chi connectivity index (χ0) is 19.2. The van der Waals surface area contributed by atoms with Gasteiger partial charge in [0.25, 0.3) is 5.91 Å². The molecule has 150 valence electrons. The van der Waals surface area contributed by atoms with Crippen molar-refractivity contribution in [3.8, 4) is 0 Å². The summed E-state index contributed by atoms with van der Waals surface area (Å²) in [6, 6.07) is 0.442. The van der Waals surface area contributed by atoms with Gasteiger partial charge in [0, 0.05) is 24.6 Å². The Labute approximate surface area is 165 Å². The average Bonchev–Trinajstić information content (AvgIpc) is 3.01. The fourth-order valence-corrected chi connectivity index (χ4v) is 5.30. The second-order valence-corrected chi connectivity index (χ2v) is 8.63. The van der Waals surface area contributed by atoms with Crippen LogP contribution in [0.15, 0.2) is 0 Å². The predicted molar refractivity (Wildman–Crippen MR) is 109 cm³/mol. The van der Waals surface area contributed by atoms with Gasteiger partial charge in [0.05, 0.1) is 18.7 Å². The van der Waals surface area contributed by atoms with Crippen LogP contribution in [0.25, 0.3) is 0 Å². The van der Waals surface area contributed by atoms with Crippen molar-refractivity contribution in [3.63, 3.8) is 0 Å². The average molecular weight is 394 g/mol. The summed E-state index contributed by atoms with van der Waals surface area (Å²) in [5.41, 5.74) is 1.80. The highest BCUT2D eigenvalue weighted by Crippen LogP contribution is 2.38. The Balaban J connectivity index is 1.72. The lowest BCUT2D eigenvalue weighted by molar-refractivity contribution is -0.118. The summed E-state index contributed by atoms with van der Waals surface area (Å²) in [7, 11) is 1.62. The van der Waals surface area contributed by atoms with Crippen molar-refractivity contribution in [2.45, 2.75) is 57.9 Å². The van der Waals surface area contributed by atoms with Gasteiger partial charge in [0.15, 0.2) is 0 Å². The van der Waals surface area contributed by atoms with Gasteiger partial charge < -0.3 is 15.4 Å². The monoisotopic (exact) mass is 393 g/mol. The number of nitrogens with zero attached hydrogens (tertiary/aromatic N) is 1. The van der Waals surface area contributed by atoms with Gasteiger partial charge in [-0.05, 0) is 57.6 Å². The van der Waals surface area contributed by atoms with E-state index >= 15 is 0 Å². The molecule has 2 N–H and O–H groups in total. The van der Waals surface area contributed by atoms with Crippen molar-refractivity contribution < 1.29 is 14.3 Å². The highest BCUT2D eigenvalue weighted by atomic mass is 32.1. The van der Waals surface area contributed by atoms with Crippen LogP contribution in [0.5, 0.6) is 0 Å². The molecular formula is C20H31N3O3S. The van der Waals surface area contributed by atoms with Gasteiger partial charge in [-0.2, -0.15) is 0 Å². The summed E-state index contributed by atoms with van der Waals surface area (Å²) in [4.78, 5) is 28.9. The molecule has 7 heteroatoms. The van der Waals surface area contributed by atoms with Gasteiger partial charge in [0.1, 0.15) is 5.00 Å². The van der Waals surface area contributed by atoms with Crippen molar-refractivity contribution >= 4 is 28.2 Å². The van der Waals surface area contributed by atoms with E-state index in [4.69, 9.17) is 4.74 Å². The van der Waals surface area contributed by atoms with E-state index in [1.807, 2.05) is 0 Å². The number of hydrogen-bond donors (Lipinski definition) is 2. The fourth-order valence-electron chi connectivity index (χ4n) is 3.99. The summed E-state index contributed by atoms with van der Waals surface area (Å²) in [5.74, 6) is -0.124. The molecule has 0 unspecified atom stereocenters. The van der Waals surface area contributed by atoms with E-state index < -0.39 is 0 Å². The van der Waals surface area contributed by atoms with Crippen molar-refractivity contribution in [2.75, 3.05) is 38.7 Å². The van der Waals surface area contributed by atoms with Crippen LogP contribution in [-0.2, 0) is 22.4 Å². The number of hydrogen-bond acceptors (Lipinski definition) is 5. The molecule has 3 rings (SSSR count). The largest absolute Gasteiger partial charge is 0.383 e. The Hall–Kier alpha value is -1.44. The van der Waals surface area contributed by atoms with Crippen molar-refractivity contribution in [1.29, 1.82) is 0 Å². The second-order valence-electron chi connectivity index (χ2n) is 7.53. The number of rotatable bonds is 7. The molecule has 0 radical (unpaired) electrons. The van der Waals surface area contributed by atoms with Gasteiger partial charge >= 0.3 is 0 Å². The number of carbonyl (C=O) groups excluding carboxylic acids is 2. The van der Waals surface area contributed by atoms with E-state index in [0.29, 0.717) is 36.3 Å². The highest BCUT2D eigenvalue weighted by Gasteiger charge is 2.27. The van der Waals surface area contributed by atoms with Gasteiger partial charge in [-0.1, -0.05) is 6.42 Å². The topological polar surface area (TPSA) is 70.7 Å². The zero-order valence-electron chi connectivity index (χ0n) is 16.4. The normalized spacial score (nSPS) is 20.1. The minimum Gasteiger partial charge on any atom is -0.383 e. The van der Waals surface area contributed by atoms with Gasteiger partial charge in [0.2, 0.25) is 5.91 Å². The van der Waals surface area contributed by atoms with Crippen molar-refractivity contribution in [2.24, 2.45) is 0 Å². The van der Waals surface area contributed by atoms with Crippen LogP contribution < -0.4 is 10.6 Å². The molecule has 2 amide bonds. The standard InChI is InChI=1S/C20H31N3O3S/c1-14-7-5-6-11-23(14)13-17(24)22-20-18(19(25)21-10-12-26-2)15-8-3-4-9-16(15)27-20/h14H,3-13H2,1-2H3,(H,21,25)(H,22,24)/t14-/m1/s1. The van der Waals surface area contributed by atoms with Gasteiger partial charge in [-0.3, -0.25) is 14.5 Å². The number of carbonyl (C=O) groups is 2. The molecule has 1 aliphatic carbocycles. The first kappa shape index (κ1) is 20.3. The Kier molecular flexibility index (Phi) is 7.26. The number of fused-ring (bicyclic) bond motifs is 1.